The zero-order valence-electron chi connectivity index (χ0n) is 14.0. The molecule has 0 aliphatic rings. The molecule has 0 saturated carbocycles. The Morgan fingerprint density at radius 2 is 1.91 bits per heavy atom. The van der Waals surface area contributed by atoms with Gasteiger partial charge in [0, 0.05) is 18.8 Å². The van der Waals surface area contributed by atoms with Crippen LogP contribution in [-0.4, -0.2) is 30.5 Å². The average Bonchev–Trinajstić information content (AvgIpc) is 2.48. The lowest BCUT2D eigenvalue weighted by atomic mass is 9.99. The van der Waals surface area contributed by atoms with Crippen molar-refractivity contribution in [2.45, 2.75) is 26.9 Å². The molecule has 0 saturated heterocycles. The Morgan fingerprint density at radius 1 is 1.18 bits per heavy atom. The molecule has 2 aromatic rings. The zero-order valence-corrected chi connectivity index (χ0v) is 14.0. The summed E-state index contributed by atoms with van der Waals surface area (Å²) < 4.78 is 5.78. The van der Waals surface area contributed by atoms with Gasteiger partial charge in [-0.2, -0.15) is 0 Å². The standard InChI is InChI=1S/C19H26N2O/c1-15(13-21(3)4)10-18-12-20-19(11-16(18)2)22-14-17-8-6-5-7-9-17/h5-9,11-12,15H,10,13-14H2,1-4H3. The third-order valence-corrected chi connectivity index (χ3v) is 3.67. The van der Waals surface area contributed by atoms with Gasteiger partial charge in [-0.1, -0.05) is 37.3 Å². The molecule has 1 unspecified atom stereocenters. The van der Waals surface area contributed by atoms with Crippen molar-refractivity contribution in [1.29, 1.82) is 0 Å². The van der Waals surface area contributed by atoms with Crippen LogP contribution in [0.4, 0.5) is 0 Å². The average molecular weight is 298 g/mol. The van der Waals surface area contributed by atoms with E-state index in [1.807, 2.05) is 30.5 Å². The molecule has 1 atom stereocenters. The quantitative estimate of drug-likeness (QED) is 0.779. The number of rotatable bonds is 7. The minimum Gasteiger partial charge on any atom is -0.473 e. The molecule has 0 aliphatic carbocycles. The molecule has 0 fully saturated rings. The highest BCUT2D eigenvalue weighted by Gasteiger charge is 2.09. The molecule has 0 amide bonds. The van der Waals surface area contributed by atoms with E-state index < -0.39 is 0 Å². The smallest absolute Gasteiger partial charge is 0.213 e. The molecule has 1 aromatic carbocycles. The third kappa shape index (κ3) is 5.15. The second-order valence-corrected chi connectivity index (χ2v) is 6.29. The Labute approximate surface area is 134 Å². The van der Waals surface area contributed by atoms with Gasteiger partial charge in [0.2, 0.25) is 5.88 Å². The minimum absolute atomic E-state index is 0.559. The highest BCUT2D eigenvalue weighted by atomic mass is 16.5. The molecule has 1 aromatic heterocycles. The van der Waals surface area contributed by atoms with E-state index in [9.17, 15) is 0 Å². The fourth-order valence-corrected chi connectivity index (χ4v) is 2.65. The first-order chi connectivity index (χ1) is 10.5. The number of nitrogens with zero attached hydrogens (tertiary/aromatic N) is 2. The third-order valence-electron chi connectivity index (χ3n) is 3.67. The number of ether oxygens (including phenoxy) is 1. The van der Waals surface area contributed by atoms with Crippen molar-refractivity contribution in [2.75, 3.05) is 20.6 Å². The summed E-state index contributed by atoms with van der Waals surface area (Å²) in [6.07, 6.45) is 3.01. The summed E-state index contributed by atoms with van der Waals surface area (Å²) >= 11 is 0. The lowest BCUT2D eigenvalue weighted by molar-refractivity contribution is 0.293. The molecule has 0 bridgehead atoms. The largest absolute Gasteiger partial charge is 0.473 e. The maximum Gasteiger partial charge on any atom is 0.213 e. The summed E-state index contributed by atoms with van der Waals surface area (Å²) in [5, 5.41) is 0. The van der Waals surface area contributed by atoms with Gasteiger partial charge in [-0.15, -0.1) is 0 Å². The van der Waals surface area contributed by atoms with Gasteiger partial charge in [0.25, 0.3) is 0 Å². The van der Waals surface area contributed by atoms with Gasteiger partial charge in [0.05, 0.1) is 0 Å². The van der Waals surface area contributed by atoms with Gasteiger partial charge in [-0.25, -0.2) is 4.98 Å². The van der Waals surface area contributed by atoms with Gasteiger partial charge < -0.3 is 9.64 Å². The highest BCUT2D eigenvalue weighted by Crippen LogP contribution is 2.18. The molecule has 3 nitrogen and oxygen atoms in total. The monoisotopic (exact) mass is 298 g/mol. The van der Waals surface area contributed by atoms with Gasteiger partial charge in [0.15, 0.2) is 0 Å². The van der Waals surface area contributed by atoms with E-state index >= 15 is 0 Å². The maximum absolute atomic E-state index is 5.78. The van der Waals surface area contributed by atoms with Crippen molar-refractivity contribution in [2.24, 2.45) is 5.92 Å². The van der Waals surface area contributed by atoms with Crippen LogP contribution in [0.5, 0.6) is 5.88 Å². The summed E-state index contributed by atoms with van der Waals surface area (Å²) in [6.45, 7) is 6.06. The van der Waals surface area contributed by atoms with Crippen molar-refractivity contribution in [3.63, 3.8) is 0 Å². The predicted octanol–water partition coefficient (Wildman–Crippen LogP) is 3.71. The van der Waals surface area contributed by atoms with Crippen LogP contribution < -0.4 is 4.74 Å². The SMILES string of the molecule is Cc1cc(OCc2ccccc2)ncc1CC(C)CN(C)C. The van der Waals surface area contributed by atoms with Gasteiger partial charge >= 0.3 is 0 Å². The van der Waals surface area contributed by atoms with E-state index in [0.717, 1.165) is 18.5 Å². The van der Waals surface area contributed by atoms with Crippen LogP contribution in [0.2, 0.25) is 0 Å². The molecule has 118 valence electrons. The highest BCUT2D eigenvalue weighted by molar-refractivity contribution is 5.28. The molecule has 0 N–H and O–H groups in total. The van der Waals surface area contributed by atoms with Crippen molar-refractivity contribution < 1.29 is 4.74 Å². The molecule has 0 aliphatic heterocycles. The number of aromatic nitrogens is 1. The Bertz CT molecular complexity index is 581. The van der Waals surface area contributed by atoms with Crippen LogP contribution in [-0.2, 0) is 13.0 Å². The molecule has 2 rings (SSSR count). The first-order valence-corrected chi connectivity index (χ1v) is 7.81. The fraction of sp³-hybridized carbons (Fsp3) is 0.421. The molecular formula is C19H26N2O. The van der Waals surface area contributed by atoms with Gasteiger partial charge in [-0.05, 0) is 50.0 Å². The number of pyridine rings is 1. The topological polar surface area (TPSA) is 25.4 Å². The van der Waals surface area contributed by atoms with Crippen LogP contribution in [0, 0.1) is 12.8 Å². The van der Waals surface area contributed by atoms with E-state index in [4.69, 9.17) is 4.74 Å². The number of hydrogen-bond acceptors (Lipinski definition) is 3. The van der Waals surface area contributed by atoms with E-state index in [2.05, 4.69) is 50.0 Å². The van der Waals surface area contributed by atoms with Crippen LogP contribution in [0.25, 0.3) is 0 Å². The summed E-state index contributed by atoms with van der Waals surface area (Å²) in [4.78, 5) is 6.68. The van der Waals surface area contributed by atoms with Crippen LogP contribution in [0.3, 0.4) is 0 Å². The molecular weight excluding hydrogens is 272 g/mol. The first kappa shape index (κ1) is 16.5. The zero-order chi connectivity index (χ0) is 15.9. The Hall–Kier alpha value is -1.87. The maximum atomic E-state index is 5.78. The van der Waals surface area contributed by atoms with E-state index in [-0.39, 0.29) is 0 Å². The van der Waals surface area contributed by atoms with Crippen molar-refractivity contribution in [3.8, 4) is 5.88 Å². The Morgan fingerprint density at radius 3 is 2.55 bits per heavy atom. The van der Waals surface area contributed by atoms with E-state index in [1.54, 1.807) is 0 Å². The predicted molar refractivity (Wildman–Crippen MR) is 91.2 cm³/mol. The number of benzene rings is 1. The molecule has 1 heterocycles. The molecule has 0 spiro atoms. The first-order valence-electron chi connectivity index (χ1n) is 7.81. The summed E-state index contributed by atoms with van der Waals surface area (Å²) in [6, 6.07) is 12.2. The van der Waals surface area contributed by atoms with Crippen LogP contribution >= 0.6 is 0 Å². The van der Waals surface area contributed by atoms with E-state index in [1.165, 1.54) is 11.1 Å². The van der Waals surface area contributed by atoms with Gasteiger partial charge in [0.1, 0.15) is 6.61 Å². The molecule has 22 heavy (non-hydrogen) atoms. The summed E-state index contributed by atoms with van der Waals surface area (Å²) in [5.74, 6) is 1.32. The number of hydrogen-bond donors (Lipinski definition) is 0. The van der Waals surface area contributed by atoms with Crippen molar-refractivity contribution in [1.82, 2.24) is 9.88 Å². The summed E-state index contributed by atoms with van der Waals surface area (Å²) in [7, 11) is 4.23. The Balaban J connectivity index is 1.94. The van der Waals surface area contributed by atoms with Crippen molar-refractivity contribution >= 4 is 0 Å². The van der Waals surface area contributed by atoms with Crippen molar-refractivity contribution in [3.05, 3.63) is 59.3 Å². The Kier molecular flexibility index (Phi) is 5.96. The molecule has 3 heteroatoms. The second-order valence-electron chi connectivity index (χ2n) is 6.29. The van der Waals surface area contributed by atoms with Gasteiger partial charge in [-0.3, -0.25) is 0 Å². The second kappa shape index (κ2) is 7.95. The lowest BCUT2D eigenvalue weighted by Gasteiger charge is -2.18. The summed E-state index contributed by atoms with van der Waals surface area (Å²) in [5.41, 5.74) is 3.72. The molecule has 0 radical (unpaired) electrons. The van der Waals surface area contributed by atoms with Crippen LogP contribution in [0.1, 0.15) is 23.6 Å². The van der Waals surface area contributed by atoms with Crippen LogP contribution in [0.15, 0.2) is 42.6 Å². The fourth-order valence-electron chi connectivity index (χ4n) is 2.65. The number of aryl methyl sites for hydroxylation is 1. The van der Waals surface area contributed by atoms with E-state index in [0.29, 0.717) is 18.4 Å². The lowest BCUT2D eigenvalue weighted by Crippen LogP contribution is -2.21. The minimum atomic E-state index is 0.559. The normalized spacial score (nSPS) is 12.4.